The molecule has 0 saturated carbocycles. The molecule has 1 aliphatic carbocycles. The molecule has 0 bridgehead atoms. The van der Waals surface area contributed by atoms with Crippen molar-refractivity contribution in [3.05, 3.63) is 59.7 Å². The first-order chi connectivity index (χ1) is 7.77. The Bertz CT molecular complexity index is 500. The summed E-state index contributed by atoms with van der Waals surface area (Å²) in [6.07, 6.45) is 0. The summed E-state index contributed by atoms with van der Waals surface area (Å²) in [6.45, 7) is 2.36. The maximum Gasteiger partial charge on any atom is 0.101 e. The third-order valence-electron chi connectivity index (χ3n) is 4.04. The van der Waals surface area contributed by atoms with Crippen molar-refractivity contribution in [3.63, 3.8) is 0 Å². The molecular weight excluding hydrogens is 190 g/mol. The van der Waals surface area contributed by atoms with Crippen molar-refractivity contribution in [1.29, 1.82) is 0 Å². The first-order valence-corrected chi connectivity index (χ1v) is 5.97. The second-order valence-corrected chi connectivity index (χ2v) is 4.78. The Morgan fingerprint density at radius 1 is 0.875 bits per heavy atom. The third kappa shape index (κ3) is 1.07. The van der Waals surface area contributed by atoms with E-state index in [1.807, 2.05) is 0 Å². The fourth-order valence-electron chi connectivity index (χ4n) is 2.92. The molecule has 0 spiro atoms. The molecule has 0 aromatic heterocycles. The van der Waals surface area contributed by atoms with Crippen molar-refractivity contribution in [2.45, 2.75) is 12.2 Å². The van der Waals surface area contributed by atoms with E-state index in [0.29, 0.717) is 0 Å². The highest BCUT2D eigenvalue weighted by atomic mass is 14.3. The van der Waals surface area contributed by atoms with E-state index in [9.17, 15) is 0 Å². The van der Waals surface area contributed by atoms with Gasteiger partial charge in [-0.2, -0.15) is 0 Å². The van der Waals surface area contributed by atoms with Crippen molar-refractivity contribution >= 4 is 14.9 Å². The Morgan fingerprint density at radius 2 is 1.31 bits per heavy atom. The van der Waals surface area contributed by atoms with Crippen LogP contribution in [0.2, 0.25) is 0 Å². The van der Waals surface area contributed by atoms with Crippen LogP contribution < -0.4 is 0 Å². The molecule has 0 atom stereocenters. The minimum absolute atomic E-state index is 0.202. The lowest BCUT2D eigenvalue weighted by Crippen LogP contribution is -2.29. The standard InChI is InChI=1S/C14H14B2/c1-14(16-15)12-8-4-2-6-10(12)11-7-3-5-9-13(11)14/h2-9,16H,15H2,1H3. The van der Waals surface area contributed by atoms with Crippen molar-refractivity contribution < 1.29 is 0 Å². The van der Waals surface area contributed by atoms with Crippen molar-refractivity contribution in [2.24, 2.45) is 0 Å². The summed E-state index contributed by atoms with van der Waals surface area (Å²) in [7, 11) is 3.43. The largest absolute Gasteiger partial charge is 0.101 e. The van der Waals surface area contributed by atoms with Gasteiger partial charge in [0, 0.05) is 0 Å². The molecule has 3 rings (SSSR count). The highest BCUT2D eigenvalue weighted by molar-refractivity contribution is 6.91. The lowest BCUT2D eigenvalue weighted by Gasteiger charge is -2.25. The molecule has 2 heteroatoms. The average Bonchev–Trinajstić information content (AvgIpc) is 2.62. The van der Waals surface area contributed by atoms with Gasteiger partial charge in [-0.25, -0.2) is 0 Å². The molecule has 2 aromatic rings. The van der Waals surface area contributed by atoms with E-state index in [2.05, 4.69) is 63.2 Å². The zero-order chi connectivity index (χ0) is 11.2. The van der Waals surface area contributed by atoms with Crippen molar-refractivity contribution in [3.8, 4) is 11.1 Å². The lowest BCUT2D eigenvalue weighted by atomic mass is 9.37. The van der Waals surface area contributed by atoms with Crippen LogP contribution in [-0.2, 0) is 5.31 Å². The van der Waals surface area contributed by atoms with E-state index in [1.54, 1.807) is 0 Å². The molecule has 0 fully saturated rings. The second-order valence-electron chi connectivity index (χ2n) is 4.78. The van der Waals surface area contributed by atoms with E-state index in [1.165, 1.54) is 22.3 Å². The molecule has 16 heavy (non-hydrogen) atoms. The van der Waals surface area contributed by atoms with Gasteiger partial charge in [0.2, 0.25) is 0 Å². The van der Waals surface area contributed by atoms with Gasteiger partial charge in [-0.05, 0) is 27.6 Å². The zero-order valence-corrected chi connectivity index (χ0v) is 9.83. The maximum atomic E-state index is 2.36. The summed E-state index contributed by atoms with van der Waals surface area (Å²) < 4.78 is 0. The van der Waals surface area contributed by atoms with Gasteiger partial charge in [-0.15, -0.1) is 0 Å². The number of fused-ring (bicyclic) bond motifs is 3. The number of benzene rings is 2. The molecule has 1 aliphatic rings. The summed E-state index contributed by atoms with van der Waals surface area (Å²) in [4.78, 5) is 0. The van der Waals surface area contributed by atoms with Crippen LogP contribution in [0, 0.1) is 0 Å². The topological polar surface area (TPSA) is 0 Å². The van der Waals surface area contributed by atoms with E-state index < -0.39 is 0 Å². The number of hydrogen-bond donors (Lipinski definition) is 0. The quantitative estimate of drug-likeness (QED) is 0.622. The first-order valence-electron chi connectivity index (χ1n) is 5.97. The fourth-order valence-corrected chi connectivity index (χ4v) is 2.92. The minimum Gasteiger partial charge on any atom is -0.0619 e. The molecule has 0 amide bonds. The van der Waals surface area contributed by atoms with Crippen LogP contribution >= 0.6 is 0 Å². The maximum absolute atomic E-state index is 2.36. The van der Waals surface area contributed by atoms with E-state index in [4.69, 9.17) is 0 Å². The van der Waals surface area contributed by atoms with Crippen LogP contribution in [0.15, 0.2) is 48.5 Å². The van der Waals surface area contributed by atoms with Crippen LogP contribution in [0.5, 0.6) is 0 Å². The molecule has 76 valence electrons. The summed E-state index contributed by atoms with van der Waals surface area (Å²) in [6, 6.07) is 17.6. The molecule has 0 unspecified atom stereocenters. The van der Waals surface area contributed by atoms with E-state index in [0.717, 1.165) is 7.17 Å². The highest BCUT2D eigenvalue weighted by Gasteiger charge is 2.36. The van der Waals surface area contributed by atoms with Gasteiger partial charge in [-0.1, -0.05) is 55.5 Å². The lowest BCUT2D eigenvalue weighted by molar-refractivity contribution is 0.845. The van der Waals surface area contributed by atoms with Crippen LogP contribution in [-0.4, -0.2) is 14.9 Å². The van der Waals surface area contributed by atoms with Gasteiger partial charge in [0.15, 0.2) is 0 Å². The molecule has 0 aliphatic heterocycles. The number of rotatable bonds is 1. The summed E-state index contributed by atoms with van der Waals surface area (Å²) in [5.74, 6) is 0. The molecule has 0 saturated heterocycles. The molecule has 0 nitrogen and oxygen atoms in total. The van der Waals surface area contributed by atoms with E-state index >= 15 is 0 Å². The van der Waals surface area contributed by atoms with Crippen LogP contribution in [0.1, 0.15) is 18.1 Å². The summed E-state index contributed by atoms with van der Waals surface area (Å²) >= 11 is 0. The van der Waals surface area contributed by atoms with Gasteiger partial charge < -0.3 is 0 Å². The third-order valence-corrected chi connectivity index (χ3v) is 4.04. The molecular formula is C14H14B2. The molecule has 0 heterocycles. The van der Waals surface area contributed by atoms with Crippen LogP contribution in [0.25, 0.3) is 11.1 Å². The van der Waals surface area contributed by atoms with Gasteiger partial charge in [0.1, 0.15) is 7.17 Å². The van der Waals surface area contributed by atoms with Crippen molar-refractivity contribution in [2.75, 3.05) is 0 Å². The Labute approximate surface area is 98.3 Å². The second kappa shape index (κ2) is 3.28. The van der Waals surface area contributed by atoms with Gasteiger partial charge in [0.25, 0.3) is 0 Å². The summed E-state index contributed by atoms with van der Waals surface area (Å²) in [5, 5.41) is 0.202. The Hall–Kier alpha value is -1.43. The first kappa shape index (κ1) is 9.77. The normalized spacial score (nSPS) is 15.3. The average molecular weight is 204 g/mol. The monoisotopic (exact) mass is 204 g/mol. The SMILES string of the molecule is BBC1(C)c2ccccc2-c2ccccc21. The summed E-state index contributed by atoms with van der Waals surface area (Å²) in [5.41, 5.74) is 5.81. The van der Waals surface area contributed by atoms with Crippen LogP contribution in [0.4, 0.5) is 0 Å². The van der Waals surface area contributed by atoms with Crippen LogP contribution in [0.3, 0.4) is 0 Å². The zero-order valence-electron chi connectivity index (χ0n) is 9.83. The predicted molar refractivity (Wildman–Crippen MR) is 74.0 cm³/mol. The highest BCUT2D eigenvalue weighted by Crippen LogP contribution is 2.47. The molecule has 0 N–H and O–H groups in total. The Morgan fingerprint density at radius 3 is 1.75 bits per heavy atom. The Kier molecular flexibility index (Phi) is 2.00. The van der Waals surface area contributed by atoms with Crippen molar-refractivity contribution in [1.82, 2.24) is 0 Å². The predicted octanol–water partition coefficient (Wildman–Crippen LogP) is 1.92. The molecule has 0 radical (unpaired) electrons. The fraction of sp³-hybridized carbons (Fsp3) is 0.143. The van der Waals surface area contributed by atoms with E-state index in [-0.39, 0.29) is 5.31 Å². The molecule has 2 aromatic carbocycles. The number of hydrogen-bond acceptors (Lipinski definition) is 0. The van der Waals surface area contributed by atoms with Gasteiger partial charge in [0.05, 0.1) is 7.74 Å². The van der Waals surface area contributed by atoms with Gasteiger partial charge >= 0.3 is 0 Å². The minimum atomic E-state index is 0.202. The smallest absolute Gasteiger partial charge is 0.0619 e. The Balaban J connectivity index is 2.39. The van der Waals surface area contributed by atoms with Gasteiger partial charge in [-0.3, -0.25) is 0 Å².